The summed E-state index contributed by atoms with van der Waals surface area (Å²) in [6, 6.07) is 3.06. The molecule has 222 valence electrons. The summed E-state index contributed by atoms with van der Waals surface area (Å²) in [4.78, 5) is 71.7. The van der Waals surface area contributed by atoms with Gasteiger partial charge in [-0.05, 0) is 86.8 Å². The van der Waals surface area contributed by atoms with Crippen LogP contribution in [-0.2, 0) is 19.2 Å². The predicted molar refractivity (Wildman–Crippen MR) is 156 cm³/mol. The fourth-order valence-corrected chi connectivity index (χ4v) is 8.24. The number of aromatic nitrogens is 1. The Kier molecular flexibility index (Phi) is 6.89. The Morgan fingerprint density at radius 2 is 1.86 bits per heavy atom. The molecule has 2 heterocycles. The van der Waals surface area contributed by atoms with Crippen molar-refractivity contribution in [2.75, 3.05) is 6.54 Å². The zero-order valence-electron chi connectivity index (χ0n) is 23.2. The second-order valence-electron chi connectivity index (χ2n) is 13.2. The topological polar surface area (TPSA) is 128 Å². The molecule has 5 aliphatic rings. The first-order valence-corrected chi connectivity index (χ1v) is 15.8. The van der Waals surface area contributed by atoms with Crippen LogP contribution >= 0.6 is 23.2 Å². The van der Waals surface area contributed by atoms with Gasteiger partial charge in [-0.3, -0.25) is 24.0 Å². The molecule has 5 fully saturated rings. The highest BCUT2D eigenvalue weighted by Gasteiger charge is 2.54. The van der Waals surface area contributed by atoms with E-state index in [0.717, 1.165) is 44.9 Å². The molecule has 0 unspecified atom stereocenters. The molecule has 5 atom stereocenters. The molecule has 1 aromatic carbocycles. The smallest absolute Gasteiger partial charge is 0.289 e. The van der Waals surface area contributed by atoms with Gasteiger partial charge in [0.05, 0.1) is 11.1 Å². The van der Waals surface area contributed by atoms with Crippen LogP contribution in [0.2, 0.25) is 10.0 Å². The summed E-state index contributed by atoms with van der Waals surface area (Å²) >= 11 is 12.5. The first-order valence-electron chi connectivity index (χ1n) is 15.1. The first kappa shape index (κ1) is 27.9. The van der Waals surface area contributed by atoms with E-state index in [1.807, 2.05) is 0 Å². The van der Waals surface area contributed by atoms with Gasteiger partial charge in [0.25, 0.3) is 11.8 Å². The van der Waals surface area contributed by atoms with E-state index in [9.17, 15) is 24.0 Å². The molecule has 1 aliphatic heterocycles. The zero-order chi connectivity index (χ0) is 29.3. The number of carbonyl (C=O) groups excluding carboxylic acids is 5. The van der Waals surface area contributed by atoms with Crippen LogP contribution in [-0.4, -0.2) is 63.8 Å². The van der Waals surface area contributed by atoms with Gasteiger partial charge in [0.15, 0.2) is 0 Å². The van der Waals surface area contributed by atoms with E-state index < -0.39 is 29.7 Å². The van der Waals surface area contributed by atoms with Crippen molar-refractivity contribution in [3.63, 3.8) is 0 Å². The summed E-state index contributed by atoms with van der Waals surface area (Å²) < 4.78 is 0. The van der Waals surface area contributed by atoms with Gasteiger partial charge >= 0.3 is 0 Å². The van der Waals surface area contributed by atoms with E-state index in [2.05, 4.69) is 15.6 Å². The third-order valence-corrected chi connectivity index (χ3v) is 10.8. The standard InChI is InChI=1S/C31H34Cl2N4O5/c32-17-9-21(33)20-11-24(35-22(20)10-17)30(42)37-14-15-2-1-3-19(15)26(37)28(40)36-23(27(39)29(41)34-18-4-5-18)8-16-12-31(6-7-31)13-25(16)38/h9-11,15-16,18-19,23,26,35H,1-8,12-14H2,(H,34,41)(H,36,40)/t15-,16+,19-,23-,26-/m0/s1. The summed E-state index contributed by atoms with van der Waals surface area (Å²) in [7, 11) is 0. The lowest BCUT2D eigenvalue weighted by Crippen LogP contribution is -2.55. The number of ketones is 2. The van der Waals surface area contributed by atoms with Crippen molar-refractivity contribution in [3.05, 3.63) is 33.9 Å². The van der Waals surface area contributed by atoms with Gasteiger partial charge in [-0.25, -0.2) is 0 Å². The predicted octanol–water partition coefficient (Wildman–Crippen LogP) is 4.20. The lowest BCUT2D eigenvalue weighted by molar-refractivity contribution is -0.141. The highest BCUT2D eigenvalue weighted by atomic mass is 35.5. The molecule has 2 aromatic rings. The third kappa shape index (κ3) is 5.12. The Balaban J connectivity index is 1.14. The second-order valence-corrected chi connectivity index (χ2v) is 14.1. The van der Waals surface area contributed by atoms with E-state index in [0.29, 0.717) is 46.0 Å². The van der Waals surface area contributed by atoms with Gasteiger partial charge < -0.3 is 20.5 Å². The molecule has 4 saturated carbocycles. The van der Waals surface area contributed by atoms with Crippen molar-refractivity contribution in [1.82, 2.24) is 20.5 Å². The SMILES string of the molecule is O=C(NC1CC1)C(=O)[C@H](C[C@@H]1CC2(CC2)CC1=O)NC(=O)[C@@H]1[C@H]2CCC[C@H]2CN1C(=O)c1cc2c(Cl)cc(Cl)cc2[nH]1. The molecule has 3 N–H and O–H groups in total. The monoisotopic (exact) mass is 612 g/mol. The third-order valence-electron chi connectivity index (χ3n) is 10.2. The summed E-state index contributed by atoms with van der Waals surface area (Å²) in [5.41, 5.74) is 0.974. The van der Waals surface area contributed by atoms with Crippen LogP contribution in [0, 0.1) is 23.2 Å². The summed E-state index contributed by atoms with van der Waals surface area (Å²) in [5, 5.41) is 7.13. The number of nitrogens with zero attached hydrogens (tertiary/aromatic N) is 1. The molecule has 0 bridgehead atoms. The number of amides is 3. The fourth-order valence-electron chi connectivity index (χ4n) is 7.69. The van der Waals surface area contributed by atoms with Gasteiger partial charge in [0, 0.05) is 40.9 Å². The van der Waals surface area contributed by atoms with Crippen molar-refractivity contribution in [2.45, 2.75) is 82.3 Å². The van der Waals surface area contributed by atoms with Crippen LogP contribution in [0.4, 0.5) is 0 Å². The maximum Gasteiger partial charge on any atom is 0.289 e. The number of carbonyl (C=O) groups is 5. The molecule has 1 spiro atoms. The number of fused-ring (bicyclic) bond motifs is 2. The molecular formula is C31H34Cl2N4O5. The molecule has 0 radical (unpaired) electrons. The summed E-state index contributed by atoms with van der Waals surface area (Å²) in [6.45, 7) is 0.426. The Morgan fingerprint density at radius 1 is 1.07 bits per heavy atom. The van der Waals surface area contributed by atoms with Crippen LogP contribution in [0.3, 0.4) is 0 Å². The van der Waals surface area contributed by atoms with E-state index >= 15 is 0 Å². The average molecular weight is 614 g/mol. The van der Waals surface area contributed by atoms with Crippen LogP contribution in [0.5, 0.6) is 0 Å². The van der Waals surface area contributed by atoms with Crippen molar-refractivity contribution in [1.29, 1.82) is 0 Å². The molecule has 7 rings (SSSR count). The van der Waals surface area contributed by atoms with Crippen LogP contribution < -0.4 is 10.6 Å². The van der Waals surface area contributed by atoms with Crippen molar-refractivity contribution in [2.24, 2.45) is 23.2 Å². The number of hydrogen-bond donors (Lipinski definition) is 3. The van der Waals surface area contributed by atoms with Crippen molar-refractivity contribution < 1.29 is 24.0 Å². The van der Waals surface area contributed by atoms with Gasteiger partial charge in [-0.2, -0.15) is 0 Å². The van der Waals surface area contributed by atoms with Crippen LogP contribution in [0.1, 0.15) is 74.7 Å². The Hall–Kier alpha value is -2.91. The average Bonchev–Trinajstić information content (AvgIpc) is 3.68. The minimum atomic E-state index is -1.12. The summed E-state index contributed by atoms with van der Waals surface area (Å²) in [6.07, 6.45) is 7.66. The van der Waals surface area contributed by atoms with Gasteiger partial charge in [0.2, 0.25) is 11.7 Å². The van der Waals surface area contributed by atoms with Crippen molar-refractivity contribution >= 4 is 63.4 Å². The highest BCUT2D eigenvalue weighted by Crippen LogP contribution is 2.59. The van der Waals surface area contributed by atoms with E-state index in [-0.39, 0.29) is 47.3 Å². The highest BCUT2D eigenvalue weighted by molar-refractivity contribution is 6.39. The number of H-pyrrole nitrogens is 1. The number of hydrogen-bond acceptors (Lipinski definition) is 5. The lowest BCUT2D eigenvalue weighted by Gasteiger charge is -2.29. The van der Waals surface area contributed by atoms with Crippen LogP contribution in [0.15, 0.2) is 18.2 Å². The van der Waals surface area contributed by atoms with E-state index in [4.69, 9.17) is 23.2 Å². The largest absolute Gasteiger partial charge is 0.350 e. The van der Waals surface area contributed by atoms with Crippen molar-refractivity contribution in [3.8, 4) is 0 Å². The first-order chi connectivity index (χ1) is 20.1. The minimum absolute atomic E-state index is 0.0115. The zero-order valence-corrected chi connectivity index (χ0v) is 24.7. The lowest BCUT2D eigenvalue weighted by atomic mass is 9.91. The number of Topliss-reactive ketones (excluding diaryl/α,β-unsaturated/α-hetero) is 2. The Morgan fingerprint density at radius 3 is 2.57 bits per heavy atom. The maximum absolute atomic E-state index is 14.0. The quantitative estimate of drug-likeness (QED) is 0.385. The number of halogens is 2. The number of aromatic amines is 1. The van der Waals surface area contributed by atoms with Gasteiger partial charge in [0.1, 0.15) is 17.5 Å². The Labute approximate surface area is 253 Å². The number of rotatable bonds is 8. The molecule has 1 saturated heterocycles. The molecule has 42 heavy (non-hydrogen) atoms. The molecule has 11 heteroatoms. The van der Waals surface area contributed by atoms with Crippen LogP contribution in [0.25, 0.3) is 10.9 Å². The number of likely N-dealkylation sites (tertiary alicyclic amines) is 1. The maximum atomic E-state index is 14.0. The summed E-state index contributed by atoms with van der Waals surface area (Å²) in [5.74, 6) is -2.35. The van der Waals surface area contributed by atoms with E-state index in [1.54, 1.807) is 23.1 Å². The number of benzene rings is 1. The van der Waals surface area contributed by atoms with Gasteiger partial charge in [-0.1, -0.05) is 29.6 Å². The minimum Gasteiger partial charge on any atom is -0.350 e. The second kappa shape index (κ2) is 10.4. The number of nitrogens with one attached hydrogen (secondary N) is 3. The molecular weight excluding hydrogens is 579 g/mol. The Bertz CT molecular complexity index is 1510. The molecule has 4 aliphatic carbocycles. The fraction of sp³-hybridized carbons (Fsp3) is 0.581. The molecule has 1 aromatic heterocycles. The molecule has 3 amide bonds. The van der Waals surface area contributed by atoms with E-state index in [1.165, 1.54) is 0 Å². The normalized spacial score (nSPS) is 28.2. The van der Waals surface area contributed by atoms with Gasteiger partial charge in [-0.15, -0.1) is 0 Å². The molecule has 9 nitrogen and oxygen atoms in total.